The SMILES string of the molecule is Cc1nc(C#N)cc(N(C)CCc2ccc(Br)s2)n1. The Labute approximate surface area is 124 Å². The monoisotopic (exact) mass is 336 g/mol. The van der Waals surface area contributed by atoms with E-state index in [4.69, 9.17) is 5.26 Å². The van der Waals surface area contributed by atoms with Gasteiger partial charge in [-0.1, -0.05) is 0 Å². The Bertz CT molecular complexity index is 617. The van der Waals surface area contributed by atoms with E-state index in [0.717, 1.165) is 22.6 Å². The third kappa shape index (κ3) is 3.75. The molecule has 0 saturated heterocycles. The normalized spacial score (nSPS) is 10.2. The first kappa shape index (κ1) is 14.0. The number of rotatable bonds is 4. The summed E-state index contributed by atoms with van der Waals surface area (Å²) in [5.41, 5.74) is 0.410. The minimum atomic E-state index is 0.410. The molecule has 0 radical (unpaired) electrons. The molecule has 0 spiro atoms. The van der Waals surface area contributed by atoms with E-state index in [1.54, 1.807) is 24.3 Å². The molecule has 2 heterocycles. The van der Waals surface area contributed by atoms with Crippen LogP contribution in [0.3, 0.4) is 0 Å². The Morgan fingerprint density at radius 2 is 2.21 bits per heavy atom. The van der Waals surface area contributed by atoms with Crippen molar-refractivity contribution in [2.75, 3.05) is 18.5 Å². The summed E-state index contributed by atoms with van der Waals surface area (Å²) in [7, 11) is 1.98. The van der Waals surface area contributed by atoms with Crippen LogP contribution < -0.4 is 4.90 Å². The van der Waals surface area contributed by atoms with E-state index in [0.29, 0.717) is 11.5 Å². The summed E-state index contributed by atoms with van der Waals surface area (Å²) in [5, 5.41) is 8.92. The molecule has 2 aromatic heterocycles. The fourth-order valence-electron chi connectivity index (χ4n) is 1.68. The van der Waals surface area contributed by atoms with Gasteiger partial charge in [-0.2, -0.15) is 5.26 Å². The van der Waals surface area contributed by atoms with Gasteiger partial charge in [0.15, 0.2) is 0 Å². The molecular formula is C13H13BrN4S. The minimum absolute atomic E-state index is 0.410. The highest BCUT2D eigenvalue weighted by Gasteiger charge is 2.07. The summed E-state index contributed by atoms with van der Waals surface area (Å²) in [4.78, 5) is 11.8. The van der Waals surface area contributed by atoms with Crippen LogP contribution in [-0.4, -0.2) is 23.6 Å². The number of hydrogen-bond donors (Lipinski definition) is 0. The standard InChI is InChI=1S/C13H13BrN4S/c1-9-16-10(8-15)7-13(17-9)18(2)6-5-11-3-4-12(14)19-11/h3-4,7H,5-6H2,1-2H3. The number of likely N-dealkylation sites (N-methyl/N-ethyl adjacent to an activating group) is 1. The molecule has 4 nitrogen and oxygen atoms in total. The van der Waals surface area contributed by atoms with E-state index in [-0.39, 0.29) is 0 Å². The predicted molar refractivity (Wildman–Crippen MR) is 80.5 cm³/mol. The van der Waals surface area contributed by atoms with E-state index in [9.17, 15) is 0 Å². The largest absolute Gasteiger partial charge is 0.359 e. The van der Waals surface area contributed by atoms with E-state index in [1.807, 2.05) is 11.9 Å². The molecule has 0 bridgehead atoms. The second-order valence-corrected chi connectivity index (χ2v) is 6.70. The zero-order chi connectivity index (χ0) is 13.8. The zero-order valence-corrected chi connectivity index (χ0v) is 13.1. The smallest absolute Gasteiger partial charge is 0.146 e. The predicted octanol–water partition coefficient (Wildman–Crippen LogP) is 3.16. The number of hydrogen-bond acceptors (Lipinski definition) is 5. The van der Waals surface area contributed by atoms with Gasteiger partial charge in [-0.25, -0.2) is 9.97 Å². The third-order valence-electron chi connectivity index (χ3n) is 2.65. The van der Waals surface area contributed by atoms with Crippen molar-refractivity contribution in [3.8, 4) is 6.07 Å². The lowest BCUT2D eigenvalue weighted by molar-refractivity contribution is 0.854. The van der Waals surface area contributed by atoms with Crippen LogP contribution in [0.2, 0.25) is 0 Å². The van der Waals surface area contributed by atoms with Crippen LogP contribution in [-0.2, 0) is 6.42 Å². The maximum Gasteiger partial charge on any atom is 0.146 e. The number of anilines is 1. The van der Waals surface area contributed by atoms with Crippen molar-refractivity contribution >= 4 is 33.1 Å². The number of halogens is 1. The van der Waals surface area contributed by atoms with Gasteiger partial charge < -0.3 is 4.90 Å². The molecule has 0 aromatic carbocycles. The fraction of sp³-hybridized carbons (Fsp3) is 0.308. The van der Waals surface area contributed by atoms with Gasteiger partial charge in [0.25, 0.3) is 0 Å². The summed E-state index contributed by atoms with van der Waals surface area (Å²) in [5.74, 6) is 1.42. The molecule has 0 aliphatic rings. The molecule has 2 aromatic rings. The van der Waals surface area contributed by atoms with Crippen molar-refractivity contribution < 1.29 is 0 Å². The Balaban J connectivity index is 2.05. The maximum atomic E-state index is 8.92. The summed E-state index contributed by atoms with van der Waals surface area (Å²) < 4.78 is 1.15. The van der Waals surface area contributed by atoms with Crippen LogP contribution in [0, 0.1) is 18.3 Å². The molecule has 19 heavy (non-hydrogen) atoms. The van der Waals surface area contributed by atoms with Crippen molar-refractivity contribution in [1.29, 1.82) is 5.26 Å². The number of aryl methyl sites for hydroxylation is 1. The zero-order valence-electron chi connectivity index (χ0n) is 10.7. The van der Waals surface area contributed by atoms with E-state index in [1.165, 1.54) is 4.88 Å². The Kier molecular flexibility index (Phi) is 4.51. The Morgan fingerprint density at radius 3 is 2.84 bits per heavy atom. The molecule has 0 aliphatic carbocycles. The molecule has 6 heteroatoms. The van der Waals surface area contributed by atoms with Crippen LogP contribution in [0.25, 0.3) is 0 Å². The number of nitriles is 1. The molecular weight excluding hydrogens is 324 g/mol. The van der Waals surface area contributed by atoms with Gasteiger partial charge in [-0.15, -0.1) is 11.3 Å². The summed E-state index contributed by atoms with van der Waals surface area (Å²) in [6, 6.07) is 7.96. The highest BCUT2D eigenvalue weighted by atomic mass is 79.9. The van der Waals surface area contributed by atoms with Gasteiger partial charge in [-0.3, -0.25) is 0 Å². The van der Waals surface area contributed by atoms with Crippen molar-refractivity contribution in [3.63, 3.8) is 0 Å². The van der Waals surface area contributed by atoms with Crippen molar-refractivity contribution in [3.05, 3.63) is 38.4 Å². The van der Waals surface area contributed by atoms with Gasteiger partial charge in [0.05, 0.1) is 3.79 Å². The van der Waals surface area contributed by atoms with E-state index in [2.05, 4.69) is 44.1 Å². The average Bonchev–Trinajstić information content (AvgIpc) is 2.81. The Hall–Kier alpha value is -1.45. The maximum absolute atomic E-state index is 8.92. The second kappa shape index (κ2) is 6.13. The van der Waals surface area contributed by atoms with Gasteiger partial charge in [0.2, 0.25) is 0 Å². The summed E-state index contributed by atoms with van der Waals surface area (Å²) in [6.07, 6.45) is 0.956. The van der Waals surface area contributed by atoms with Gasteiger partial charge >= 0.3 is 0 Å². The average molecular weight is 337 g/mol. The molecule has 0 unspecified atom stereocenters. The highest BCUT2D eigenvalue weighted by Crippen LogP contribution is 2.23. The summed E-state index contributed by atoms with van der Waals surface area (Å²) >= 11 is 5.20. The van der Waals surface area contributed by atoms with Crippen molar-refractivity contribution in [1.82, 2.24) is 9.97 Å². The highest BCUT2D eigenvalue weighted by molar-refractivity contribution is 9.11. The van der Waals surface area contributed by atoms with E-state index < -0.39 is 0 Å². The van der Waals surface area contributed by atoms with Crippen molar-refractivity contribution in [2.45, 2.75) is 13.3 Å². The first-order valence-corrected chi connectivity index (χ1v) is 7.40. The van der Waals surface area contributed by atoms with Crippen LogP contribution in [0.15, 0.2) is 22.0 Å². The number of nitrogens with zero attached hydrogens (tertiary/aromatic N) is 4. The van der Waals surface area contributed by atoms with Crippen LogP contribution in [0.5, 0.6) is 0 Å². The molecule has 2 rings (SSSR count). The molecule has 0 saturated carbocycles. The molecule has 0 atom stereocenters. The molecule has 0 aliphatic heterocycles. The molecule has 0 fully saturated rings. The first-order valence-electron chi connectivity index (χ1n) is 5.79. The second-order valence-electron chi connectivity index (χ2n) is 4.15. The molecule has 98 valence electrons. The minimum Gasteiger partial charge on any atom is -0.359 e. The molecule has 0 amide bonds. The lowest BCUT2D eigenvalue weighted by atomic mass is 10.3. The number of aromatic nitrogens is 2. The number of thiophene rings is 1. The lowest BCUT2D eigenvalue weighted by Crippen LogP contribution is -2.21. The van der Waals surface area contributed by atoms with Crippen LogP contribution in [0.4, 0.5) is 5.82 Å². The van der Waals surface area contributed by atoms with Gasteiger partial charge in [0, 0.05) is 24.5 Å². The van der Waals surface area contributed by atoms with Gasteiger partial charge in [-0.05, 0) is 41.4 Å². The first-order chi connectivity index (χ1) is 9.08. The molecule has 0 N–H and O–H groups in total. The Morgan fingerprint density at radius 1 is 1.42 bits per heavy atom. The fourth-order valence-corrected chi connectivity index (χ4v) is 3.16. The van der Waals surface area contributed by atoms with Crippen LogP contribution >= 0.6 is 27.3 Å². The quantitative estimate of drug-likeness (QED) is 0.860. The topological polar surface area (TPSA) is 52.8 Å². The summed E-state index contributed by atoms with van der Waals surface area (Å²) in [6.45, 7) is 2.66. The van der Waals surface area contributed by atoms with Crippen LogP contribution in [0.1, 0.15) is 16.4 Å². The van der Waals surface area contributed by atoms with Crippen molar-refractivity contribution in [2.24, 2.45) is 0 Å². The lowest BCUT2D eigenvalue weighted by Gasteiger charge is -2.18. The third-order valence-corrected chi connectivity index (χ3v) is 4.34. The van der Waals surface area contributed by atoms with Gasteiger partial charge in [0.1, 0.15) is 23.4 Å². The van der Waals surface area contributed by atoms with E-state index >= 15 is 0 Å².